The Morgan fingerprint density at radius 1 is 0.875 bits per heavy atom. The molecular weight excluding hydrogens is 298 g/mol. The van der Waals surface area contributed by atoms with Gasteiger partial charge in [-0.1, -0.05) is 60.7 Å². The minimum absolute atomic E-state index is 0.143. The van der Waals surface area contributed by atoms with Crippen LogP contribution in [-0.4, -0.2) is 22.4 Å². The number of nitrogens with zero attached hydrogens (tertiary/aromatic N) is 2. The number of hydrogen-bond acceptors (Lipinski definition) is 3. The van der Waals surface area contributed by atoms with Crippen LogP contribution in [0.1, 0.15) is 33.8 Å². The number of hydrogen-bond donors (Lipinski definition) is 1. The van der Waals surface area contributed by atoms with E-state index in [-0.39, 0.29) is 11.8 Å². The quantitative estimate of drug-likeness (QED) is 0.758. The predicted molar refractivity (Wildman–Crippen MR) is 93.7 cm³/mol. The highest BCUT2D eigenvalue weighted by Gasteiger charge is 2.14. The maximum absolute atomic E-state index is 12.1. The summed E-state index contributed by atoms with van der Waals surface area (Å²) < 4.78 is 0. The molecule has 0 atom stereocenters. The van der Waals surface area contributed by atoms with E-state index in [0.717, 1.165) is 6.42 Å². The first-order valence-corrected chi connectivity index (χ1v) is 7.97. The Hall–Kier alpha value is -3.01. The SMILES string of the molecule is O=C(NCCC(c1ccccc1)c1ccccc1)c1cncnc1. The van der Waals surface area contributed by atoms with Gasteiger partial charge in [0.2, 0.25) is 0 Å². The zero-order valence-corrected chi connectivity index (χ0v) is 13.3. The van der Waals surface area contributed by atoms with Gasteiger partial charge in [-0.25, -0.2) is 9.97 Å². The summed E-state index contributed by atoms with van der Waals surface area (Å²) in [5.41, 5.74) is 2.98. The van der Waals surface area contributed by atoms with Crippen molar-refractivity contribution in [2.45, 2.75) is 12.3 Å². The number of aromatic nitrogens is 2. The molecule has 1 N–H and O–H groups in total. The maximum atomic E-state index is 12.1. The molecule has 2 aromatic carbocycles. The minimum atomic E-state index is -0.143. The maximum Gasteiger partial charge on any atom is 0.254 e. The van der Waals surface area contributed by atoms with Crippen molar-refractivity contribution in [3.63, 3.8) is 0 Å². The molecule has 0 aliphatic rings. The topological polar surface area (TPSA) is 54.9 Å². The molecule has 4 heteroatoms. The standard InChI is InChI=1S/C20H19N3O/c24-20(18-13-21-15-22-14-18)23-12-11-19(16-7-3-1-4-8-16)17-9-5-2-6-10-17/h1-10,13-15,19H,11-12H2,(H,23,24). The Kier molecular flexibility index (Phi) is 5.30. The summed E-state index contributed by atoms with van der Waals surface area (Å²) in [7, 11) is 0. The van der Waals surface area contributed by atoms with Crippen molar-refractivity contribution in [2.24, 2.45) is 0 Å². The molecule has 3 aromatic rings. The smallest absolute Gasteiger partial charge is 0.254 e. The molecule has 4 nitrogen and oxygen atoms in total. The molecule has 0 radical (unpaired) electrons. The van der Waals surface area contributed by atoms with Crippen LogP contribution in [0.2, 0.25) is 0 Å². The molecule has 120 valence electrons. The lowest BCUT2D eigenvalue weighted by molar-refractivity contribution is 0.0952. The van der Waals surface area contributed by atoms with Crippen LogP contribution in [0, 0.1) is 0 Å². The fourth-order valence-electron chi connectivity index (χ4n) is 2.74. The largest absolute Gasteiger partial charge is 0.352 e. The minimum Gasteiger partial charge on any atom is -0.352 e. The summed E-state index contributed by atoms with van der Waals surface area (Å²) in [5.74, 6) is 0.107. The van der Waals surface area contributed by atoms with Gasteiger partial charge in [0, 0.05) is 24.9 Å². The molecule has 0 bridgehead atoms. The van der Waals surface area contributed by atoms with Crippen molar-refractivity contribution >= 4 is 5.91 Å². The van der Waals surface area contributed by atoms with Gasteiger partial charge < -0.3 is 5.32 Å². The van der Waals surface area contributed by atoms with E-state index in [2.05, 4.69) is 39.6 Å². The summed E-state index contributed by atoms with van der Waals surface area (Å²) in [6.07, 6.45) is 5.29. The Morgan fingerprint density at radius 2 is 1.42 bits per heavy atom. The first kappa shape index (κ1) is 15.9. The van der Waals surface area contributed by atoms with E-state index >= 15 is 0 Å². The van der Waals surface area contributed by atoms with E-state index in [1.165, 1.54) is 29.8 Å². The second kappa shape index (κ2) is 8.02. The van der Waals surface area contributed by atoms with Gasteiger partial charge >= 0.3 is 0 Å². The number of benzene rings is 2. The van der Waals surface area contributed by atoms with Crippen LogP contribution in [0.25, 0.3) is 0 Å². The van der Waals surface area contributed by atoms with Crippen molar-refractivity contribution in [2.75, 3.05) is 6.54 Å². The molecule has 1 amide bonds. The van der Waals surface area contributed by atoms with Crippen LogP contribution in [0.15, 0.2) is 79.4 Å². The summed E-state index contributed by atoms with van der Waals surface area (Å²) in [5, 5.41) is 2.95. The summed E-state index contributed by atoms with van der Waals surface area (Å²) >= 11 is 0. The van der Waals surface area contributed by atoms with Crippen molar-refractivity contribution in [1.29, 1.82) is 0 Å². The van der Waals surface area contributed by atoms with Crippen LogP contribution in [0.3, 0.4) is 0 Å². The van der Waals surface area contributed by atoms with Gasteiger partial charge in [-0.15, -0.1) is 0 Å². The Morgan fingerprint density at radius 3 is 1.96 bits per heavy atom. The molecule has 0 fully saturated rings. The molecular formula is C20H19N3O. The zero-order valence-electron chi connectivity index (χ0n) is 13.3. The van der Waals surface area contributed by atoms with E-state index in [9.17, 15) is 4.79 Å². The molecule has 0 spiro atoms. The van der Waals surface area contributed by atoms with Gasteiger partial charge in [0.25, 0.3) is 5.91 Å². The molecule has 0 aliphatic heterocycles. The first-order valence-electron chi connectivity index (χ1n) is 7.97. The molecule has 0 aliphatic carbocycles. The van der Waals surface area contributed by atoms with Crippen molar-refractivity contribution in [3.05, 3.63) is 96.1 Å². The van der Waals surface area contributed by atoms with E-state index in [1.807, 2.05) is 36.4 Å². The molecule has 0 saturated carbocycles. The van der Waals surface area contributed by atoms with Crippen LogP contribution in [-0.2, 0) is 0 Å². The van der Waals surface area contributed by atoms with Gasteiger partial charge in [0.15, 0.2) is 0 Å². The Balaban J connectivity index is 1.68. The lowest BCUT2D eigenvalue weighted by Gasteiger charge is -2.18. The molecule has 1 aromatic heterocycles. The number of nitrogens with one attached hydrogen (secondary N) is 1. The van der Waals surface area contributed by atoms with E-state index in [0.29, 0.717) is 12.1 Å². The number of carbonyl (C=O) groups is 1. The number of rotatable bonds is 6. The highest BCUT2D eigenvalue weighted by molar-refractivity contribution is 5.93. The van der Waals surface area contributed by atoms with E-state index in [4.69, 9.17) is 0 Å². The normalized spacial score (nSPS) is 10.5. The zero-order chi connectivity index (χ0) is 16.6. The number of carbonyl (C=O) groups excluding carboxylic acids is 1. The molecule has 3 rings (SSSR count). The van der Waals surface area contributed by atoms with Gasteiger partial charge in [-0.2, -0.15) is 0 Å². The van der Waals surface area contributed by atoms with Gasteiger partial charge in [-0.05, 0) is 17.5 Å². The predicted octanol–water partition coefficient (Wildman–Crippen LogP) is 3.43. The summed E-state index contributed by atoms with van der Waals surface area (Å²) in [6, 6.07) is 20.7. The second-order valence-electron chi connectivity index (χ2n) is 5.55. The lowest BCUT2D eigenvalue weighted by Crippen LogP contribution is -2.26. The average molecular weight is 317 g/mol. The fraction of sp³-hybridized carbons (Fsp3) is 0.150. The Labute approximate surface area is 141 Å². The van der Waals surface area contributed by atoms with Crippen molar-refractivity contribution in [1.82, 2.24) is 15.3 Å². The highest BCUT2D eigenvalue weighted by Crippen LogP contribution is 2.27. The summed E-state index contributed by atoms with van der Waals surface area (Å²) in [4.78, 5) is 19.9. The monoisotopic (exact) mass is 317 g/mol. The van der Waals surface area contributed by atoms with Gasteiger partial charge in [-0.3, -0.25) is 4.79 Å². The van der Waals surface area contributed by atoms with Crippen LogP contribution in [0.5, 0.6) is 0 Å². The van der Waals surface area contributed by atoms with Gasteiger partial charge in [0.05, 0.1) is 5.56 Å². The number of amides is 1. The first-order chi connectivity index (χ1) is 11.8. The fourth-order valence-corrected chi connectivity index (χ4v) is 2.74. The van der Waals surface area contributed by atoms with Gasteiger partial charge in [0.1, 0.15) is 6.33 Å². The Bertz CT molecular complexity index is 721. The average Bonchev–Trinajstić information content (AvgIpc) is 2.67. The molecule has 1 heterocycles. The second-order valence-corrected chi connectivity index (χ2v) is 5.55. The third-order valence-corrected chi connectivity index (χ3v) is 3.95. The van der Waals surface area contributed by atoms with Crippen LogP contribution >= 0.6 is 0 Å². The summed E-state index contributed by atoms with van der Waals surface area (Å²) in [6.45, 7) is 0.585. The third kappa shape index (κ3) is 4.04. The van der Waals surface area contributed by atoms with Crippen molar-refractivity contribution < 1.29 is 4.79 Å². The van der Waals surface area contributed by atoms with E-state index < -0.39 is 0 Å². The molecule has 0 saturated heterocycles. The lowest BCUT2D eigenvalue weighted by atomic mass is 9.88. The van der Waals surface area contributed by atoms with Crippen LogP contribution < -0.4 is 5.32 Å². The molecule has 24 heavy (non-hydrogen) atoms. The van der Waals surface area contributed by atoms with Crippen molar-refractivity contribution in [3.8, 4) is 0 Å². The molecule has 0 unspecified atom stereocenters. The third-order valence-electron chi connectivity index (χ3n) is 3.95. The van der Waals surface area contributed by atoms with E-state index in [1.54, 1.807) is 0 Å². The highest BCUT2D eigenvalue weighted by atomic mass is 16.1. The van der Waals surface area contributed by atoms with Crippen LogP contribution in [0.4, 0.5) is 0 Å².